The van der Waals surface area contributed by atoms with Gasteiger partial charge in [-0.25, -0.2) is 13.6 Å². The van der Waals surface area contributed by atoms with Gasteiger partial charge in [0.05, 0.1) is 33.9 Å². The number of carbonyl (C=O) groups is 2. The van der Waals surface area contributed by atoms with Gasteiger partial charge < -0.3 is 15.7 Å². The number of halogens is 7. The van der Waals surface area contributed by atoms with Crippen molar-refractivity contribution >= 4 is 40.8 Å². The van der Waals surface area contributed by atoms with E-state index in [2.05, 4.69) is 16.7 Å². The lowest BCUT2D eigenvalue weighted by atomic mass is 9.62. The van der Waals surface area contributed by atoms with Gasteiger partial charge in [-0.2, -0.15) is 18.4 Å². The molecule has 232 valence electrons. The van der Waals surface area contributed by atoms with Crippen LogP contribution in [0.25, 0.3) is 0 Å². The van der Waals surface area contributed by atoms with Crippen LogP contribution < -0.4 is 10.6 Å². The number of hydrogen-bond acceptors (Lipinski definition) is 4. The molecule has 0 saturated carbocycles. The average molecular weight is 654 g/mol. The lowest BCUT2D eigenvalue weighted by Gasteiger charge is -2.37. The SMILES string of the molecule is CC(C)(C)C[C@@H]1N[C@@H](C(=O)Nc2ccc(C(=O)O)cc2C(F)(F)F)[C@H](c2cccc(Cl)c2F)[C@@]1(C#N)c1ccc(Cl)cc1F. The largest absolute Gasteiger partial charge is 0.478 e. The molecule has 1 aliphatic heterocycles. The number of benzene rings is 3. The summed E-state index contributed by atoms with van der Waals surface area (Å²) >= 11 is 12.1. The second kappa shape index (κ2) is 12.0. The summed E-state index contributed by atoms with van der Waals surface area (Å²) in [6.45, 7) is 5.49. The topological polar surface area (TPSA) is 102 Å². The Kier molecular flexibility index (Phi) is 9.04. The molecule has 0 aromatic heterocycles. The molecule has 44 heavy (non-hydrogen) atoms. The van der Waals surface area contributed by atoms with Crippen LogP contribution in [0, 0.1) is 28.4 Å². The van der Waals surface area contributed by atoms with Crippen LogP contribution in [0.15, 0.2) is 54.6 Å². The van der Waals surface area contributed by atoms with Crippen molar-refractivity contribution in [1.29, 1.82) is 5.26 Å². The number of nitrogens with zero attached hydrogens (tertiary/aromatic N) is 1. The van der Waals surface area contributed by atoms with Crippen molar-refractivity contribution in [3.63, 3.8) is 0 Å². The number of amides is 1. The molecule has 0 spiro atoms. The van der Waals surface area contributed by atoms with Crippen LogP contribution in [0.1, 0.15) is 60.2 Å². The van der Waals surface area contributed by atoms with Gasteiger partial charge >= 0.3 is 12.1 Å². The number of nitrogens with one attached hydrogen (secondary N) is 2. The van der Waals surface area contributed by atoms with Crippen molar-refractivity contribution in [2.24, 2.45) is 5.41 Å². The van der Waals surface area contributed by atoms with E-state index in [1.165, 1.54) is 30.3 Å². The number of hydrogen-bond donors (Lipinski definition) is 3. The van der Waals surface area contributed by atoms with E-state index in [1.54, 1.807) is 0 Å². The number of carboxylic acid groups (broad SMARTS) is 1. The average Bonchev–Trinajstić information content (AvgIpc) is 3.22. The Labute approximate surface area is 259 Å². The second-order valence-electron chi connectivity index (χ2n) is 11.7. The van der Waals surface area contributed by atoms with Crippen LogP contribution in [-0.4, -0.2) is 29.1 Å². The Morgan fingerprint density at radius 3 is 2.32 bits per heavy atom. The quantitative estimate of drug-likeness (QED) is 0.234. The van der Waals surface area contributed by atoms with E-state index < -0.39 is 75.3 Å². The minimum atomic E-state index is -5.06. The Hall–Kier alpha value is -3.72. The minimum absolute atomic E-state index is 0.0157. The van der Waals surface area contributed by atoms with Crippen LogP contribution >= 0.6 is 23.2 Å². The van der Waals surface area contributed by atoms with Gasteiger partial charge in [-0.3, -0.25) is 4.79 Å². The number of carbonyl (C=O) groups excluding carboxylic acids is 1. The molecule has 0 radical (unpaired) electrons. The molecule has 1 fully saturated rings. The molecule has 6 nitrogen and oxygen atoms in total. The van der Waals surface area contributed by atoms with Crippen molar-refractivity contribution in [1.82, 2.24) is 5.32 Å². The number of nitriles is 1. The van der Waals surface area contributed by atoms with Gasteiger partial charge in [0.15, 0.2) is 0 Å². The van der Waals surface area contributed by atoms with Gasteiger partial charge in [0.1, 0.15) is 17.0 Å². The highest BCUT2D eigenvalue weighted by Gasteiger charge is 2.61. The van der Waals surface area contributed by atoms with Gasteiger partial charge in [-0.15, -0.1) is 0 Å². The minimum Gasteiger partial charge on any atom is -0.478 e. The summed E-state index contributed by atoms with van der Waals surface area (Å²) in [5, 5.41) is 24.9. The van der Waals surface area contributed by atoms with Crippen LogP contribution in [-0.2, 0) is 16.4 Å². The maximum atomic E-state index is 15.8. The summed E-state index contributed by atoms with van der Waals surface area (Å²) in [5.41, 5.74) is -5.84. The lowest BCUT2D eigenvalue weighted by Crippen LogP contribution is -2.45. The molecule has 1 heterocycles. The molecule has 0 aliphatic carbocycles. The van der Waals surface area contributed by atoms with E-state index in [4.69, 9.17) is 23.2 Å². The highest BCUT2D eigenvalue weighted by molar-refractivity contribution is 6.31. The fourth-order valence-electron chi connectivity index (χ4n) is 5.79. The normalized spacial score (nSPS) is 22.0. The summed E-state index contributed by atoms with van der Waals surface area (Å²) < 4.78 is 73.4. The summed E-state index contributed by atoms with van der Waals surface area (Å²) in [6.07, 6.45) is -4.92. The monoisotopic (exact) mass is 653 g/mol. The standard InChI is InChI=1S/C31H26Cl2F5N3O3/c1-29(2,3)13-23-30(14-39,18-9-8-16(32)12-21(18)34)24(17-5-4-6-20(33)25(17)35)26(41-23)27(42)40-22-10-7-15(28(43)44)11-19(22)31(36,37)38/h4-12,23-24,26,41H,13H2,1-3H3,(H,40,42)(H,43,44)/t23-,24-,26+,30-/m0/s1. The first kappa shape index (κ1) is 33.2. The maximum Gasteiger partial charge on any atom is 0.418 e. The van der Waals surface area contributed by atoms with Crippen molar-refractivity contribution in [2.75, 3.05) is 5.32 Å². The van der Waals surface area contributed by atoms with Gasteiger partial charge in [-0.1, -0.05) is 62.2 Å². The van der Waals surface area contributed by atoms with Crippen LogP contribution in [0.2, 0.25) is 10.0 Å². The summed E-state index contributed by atoms with van der Waals surface area (Å²) in [6, 6.07) is 9.03. The number of anilines is 1. The van der Waals surface area contributed by atoms with E-state index in [1.807, 2.05) is 20.8 Å². The van der Waals surface area contributed by atoms with E-state index in [-0.39, 0.29) is 27.6 Å². The molecule has 0 bridgehead atoms. The zero-order chi connectivity index (χ0) is 32.8. The van der Waals surface area contributed by atoms with E-state index >= 15 is 8.78 Å². The molecule has 4 rings (SSSR count). The van der Waals surface area contributed by atoms with E-state index in [0.717, 1.165) is 18.2 Å². The van der Waals surface area contributed by atoms with Crippen molar-refractivity contribution < 1.29 is 36.6 Å². The first-order valence-electron chi connectivity index (χ1n) is 13.2. The molecule has 3 aromatic rings. The Bertz CT molecular complexity index is 1670. The summed E-state index contributed by atoms with van der Waals surface area (Å²) in [5.74, 6) is -6.13. The van der Waals surface area contributed by atoms with E-state index in [9.17, 15) is 33.1 Å². The predicted molar refractivity (Wildman–Crippen MR) is 155 cm³/mol. The Morgan fingerprint density at radius 2 is 1.75 bits per heavy atom. The Morgan fingerprint density at radius 1 is 1.07 bits per heavy atom. The second-order valence-corrected chi connectivity index (χ2v) is 12.6. The molecule has 1 saturated heterocycles. The third kappa shape index (κ3) is 6.25. The first-order chi connectivity index (χ1) is 20.4. The first-order valence-corrected chi connectivity index (χ1v) is 14.0. The van der Waals surface area contributed by atoms with Gasteiger partial charge in [0.25, 0.3) is 0 Å². The number of rotatable bonds is 6. The number of carboxylic acids is 1. The third-order valence-corrected chi connectivity index (χ3v) is 8.09. The molecular weight excluding hydrogens is 628 g/mol. The smallest absolute Gasteiger partial charge is 0.418 e. The molecule has 3 N–H and O–H groups in total. The zero-order valence-electron chi connectivity index (χ0n) is 23.5. The Balaban J connectivity index is 1.97. The fourth-order valence-corrected chi connectivity index (χ4v) is 6.13. The number of alkyl halides is 3. The molecule has 1 amide bonds. The molecular formula is C31H26Cl2F5N3O3. The fraction of sp³-hybridized carbons (Fsp3) is 0.323. The molecule has 0 unspecified atom stereocenters. The highest BCUT2D eigenvalue weighted by Crippen LogP contribution is 2.53. The van der Waals surface area contributed by atoms with E-state index in [0.29, 0.717) is 6.07 Å². The molecule has 4 atom stereocenters. The lowest BCUT2D eigenvalue weighted by molar-refractivity contribution is -0.137. The van der Waals surface area contributed by atoms with Crippen LogP contribution in [0.4, 0.5) is 27.6 Å². The molecule has 3 aromatic carbocycles. The highest BCUT2D eigenvalue weighted by atomic mass is 35.5. The van der Waals surface area contributed by atoms with Gasteiger partial charge in [-0.05, 0) is 53.8 Å². The third-order valence-electron chi connectivity index (χ3n) is 7.56. The molecule has 1 aliphatic rings. The summed E-state index contributed by atoms with van der Waals surface area (Å²) in [7, 11) is 0. The maximum absolute atomic E-state index is 15.8. The van der Waals surface area contributed by atoms with Gasteiger partial charge in [0, 0.05) is 22.5 Å². The summed E-state index contributed by atoms with van der Waals surface area (Å²) in [4.78, 5) is 25.3. The molecule has 13 heteroatoms. The zero-order valence-corrected chi connectivity index (χ0v) is 25.0. The van der Waals surface area contributed by atoms with Crippen LogP contribution in [0.3, 0.4) is 0 Å². The number of aromatic carboxylic acids is 1. The van der Waals surface area contributed by atoms with Crippen molar-refractivity contribution in [3.8, 4) is 6.07 Å². The van der Waals surface area contributed by atoms with Crippen molar-refractivity contribution in [3.05, 3.63) is 98.5 Å². The predicted octanol–water partition coefficient (Wildman–Crippen LogP) is 7.95. The van der Waals surface area contributed by atoms with Gasteiger partial charge in [0.2, 0.25) is 5.91 Å². The van der Waals surface area contributed by atoms with Crippen LogP contribution in [0.5, 0.6) is 0 Å². The van der Waals surface area contributed by atoms with Crippen molar-refractivity contribution in [2.45, 2.75) is 56.8 Å².